The Balaban J connectivity index is 1.42. The smallest absolute Gasteiger partial charge is 0.276 e. The van der Waals surface area contributed by atoms with E-state index in [1.807, 2.05) is 43.0 Å². The van der Waals surface area contributed by atoms with Crippen LogP contribution in [-0.2, 0) is 4.79 Å². The third-order valence-corrected chi connectivity index (χ3v) is 7.63. The van der Waals surface area contributed by atoms with Crippen LogP contribution >= 0.6 is 11.3 Å². The lowest BCUT2D eigenvalue weighted by molar-refractivity contribution is -0.135. The lowest BCUT2D eigenvalue weighted by Gasteiger charge is -2.37. The number of thiophene rings is 1. The number of piperazine rings is 1. The molecule has 3 heterocycles. The predicted octanol–water partition coefficient (Wildman–Crippen LogP) is 4.36. The number of rotatable bonds is 4. The van der Waals surface area contributed by atoms with E-state index in [1.165, 1.54) is 16.8 Å². The van der Waals surface area contributed by atoms with Gasteiger partial charge in [0, 0.05) is 42.0 Å². The Hall–Kier alpha value is -3.26. The lowest BCUT2D eigenvalue weighted by atomic mass is 10.1. The molecule has 8 heteroatoms. The Morgan fingerprint density at radius 1 is 1.09 bits per heavy atom. The number of carbonyl (C=O) groups is 1. The summed E-state index contributed by atoms with van der Waals surface area (Å²) in [5, 5.41) is 6.14. The van der Waals surface area contributed by atoms with E-state index in [4.69, 9.17) is 0 Å². The first-order chi connectivity index (χ1) is 16.0. The third kappa shape index (κ3) is 3.78. The molecule has 0 aliphatic carbocycles. The molecule has 5 rings (SSSR count). The number of aromatic nitrogens is 2. The van der Waals surface area contributed by atoms with Crippen LogP contribution in [0.5, 0.6) is 0 Å². The molecule has 33 heavy (non-hydrogen) atoms. The van der Waals surface area contributed by atoms with Crippen molar-refractivity contribution >= 4 is 43.1 Å². The number of aryl methyl sites for hydroxylation is 1. The van der Waals surface area contributed by atoms with Crippen LogP contribution in [0, 0.1) is 12.7 Å². The van der Waals surface area contributed by atoms with Crippen molar-refractivity contribution in [3.63, 3.8) is 0 Å². The summed E-state index contributed by atoms with van der Waals surface area (Å²) in [5.74, 6) is -0.342. The standard InChI is InChI=1S/C25H25FN4O2S/c1-3-20(24(31)29-14-12-28(13-15-29)18-10-8-17(26)9-11-18)30-25(32)22-19-6-4-5-7-21(19)33-23(22)16(2)27-30/h4-11,20H,3,12-15H2,1-2H3/t20-/m1/s1. The van der Waals surface area contributed by atoms with Gasteiger partial charge in [0.25, 0.3) is 5.56 Å². The summed E-state index contributed by atoms with van der Waals surface area (Å²) in [5.41, 5.74) is 1.50. The Bertz CT molecular complexity index is 1390. The van der Waals surface area contributed by atoms with Crippen LogP contribution in [-0.4, -0.2) is 46.8 Å². The molecular weight excluding hydrogens is 439 g/mol. The summed E-state index contributed by atoms with van der Waals surface area (Å²) in [6, 6.07) is 13.6. The minimum atomic E-state index is -0.642. The summed E-state index contributed by atoms with van der Waals surface area (Å²) < 4.78 is 16.6. The van der Waals surface area contributed by atoms with Crippen LogP contribution in [0.3, 0.4) is 0 Å². The Labute approximate surface area is 194 Å². The van der Waals surface area contributed by atoms with Crippen molar-refractivity contribution in [1.29, 1.82) is 0 Å². The maximum atomic E-state index is 13.5. The van der Waals surface area contributed by atoms with Crippen molar-refractivity contribution in [2.45, 2.75) is 26.3 Å². The van der Waals surface area contributed by atoms with Gasteiger partial charge in [-0.1, -0.05) is 25.1 Å². The summed E-state index contributed by atoms with van der Waals surface area (Å²) in [4.78, 5) is 30.9. The van der Waals surface area contributed by atoms with Gasteiger partial charge in [0.2, 0.25) is 5.91 Å². The van der Waals surface area contributed by atoms with Gasteiger partial charge in [0.05, 0.1) is 15.8 Å². The van der Waals surface area contributed by atoms with Crippen molar-refractivity contribution in [2.75, 3.05) is 31.1 Å². The zero-order valence-electron chi connectivity index (χ0n) is 18.6. The largest absolute Gasteiger partial charge is 0.368 e. The molecular formula is C25H25FN4O2S. The molecule has 6 nitrogen and oxygen atoms in total. The highest BCUT2D eigenvalue weighted by atomic mass is 32.1. The summed E-state index contributed by atoms with van der Waals surface area (Å²) in [6.45, 7) is 6.21. The lowest BCUT2D eigenvalue weighted by Crippen LogP contribution is -2.51. The molecule has 0 N–H and O–H groups in total. The van der Waals surface area contributed by atoms with Crippen molar-refractivity contribution in [2.24, 2.45) is 0 Å². The number of hydrogen-bond donors (Lipinski definition) is 0. The number of hydrogen-bond acceptors (Lipinski definition) is 5. The first kappa shape index (κ1) is 21.6. The molecule has 2 aromatic heterocycles. The van der Waals surface area contributed by atoms with Gasteiger partial charge in [0.15, 0.2) is 0 Å². The van der Waals surface area contributed by atoms with E-state index < -0.39 is 6.04 Å². The van der Waals surface area contributed by atoms with E-state index in [9.17, 15) is 14.0 Å². The number of amides is 1. The minimum Gasteiger partial charge on any atom is -0.368 e. The molecule has 170 valence electrons. The summed E-state index contributed by atoms with van der Waals surface area (Å²) in [7, 11) is 0. The topological polar surface area (TPSA) is 58.4 Å². The molecule has 0 saturated carbocycles. The van der Waals surface area contributed by atoms with Gasteiger partial charge in [0.1, 0.15) is 11.9 Å². The van der Waals surface area contributed by atoms with E-state index in [1.54, 1.807) is 23.5 Å². The van der Waals surface area contributed by atoms with E-state index in [2.05, 4.69) is 10.00 Å². The molecule has 0 spiro atoms. The molecule has 1 atom stereocenters. The highest BCUT2D eigenvalue weighted by Crippen LogP contribution is 2.33. The van der Waals surface area contributed by atoms with Gasteiger partial charge in [-0.25, -0.2) is 9.07 Å². The molecule has 0 unspecified atom stereocenters. The average Bonchev–Trinajstić information content (AvgIpc) is 3.24. The van der Waals surface area contributed by atoms with Crippen molar-refractivity contribution < 1.29 is 9.18 Å². The monoisotopic (exact) mass is 464 g/mol. The molecule has 1 amide bonds. The Morgan fingerprint density at radius 2 is 1.79 bits per heavy atom. The average molecular weight is 465 g/mol. The van der Waals surface area contributed by atoms with Gasteiger partial charge in [-0.2, -0.15) is 5.10 Å². The van der Waals surface area contributed by atoms with E-state index in [0.29, 0.717) is 38.0 Å². The highest BCUT2D eigenvalue weighted by Gasteiger charge is 2.30. The summed E-state index contributed by atoms with van der Waals surface area (Å²) >= 11 is 1.57. The van der Waals surface area contributed by atoms with E-state index in [0.717, 1.165) is 26.2 Å². The number of nitrogens with zero attached hydrogens (tertiary/aromatic N) is 4. The van der Waals surface area contributed by atoms with Gasteiger partial charge in [-0.3, -0.25) is 9.59 Å². The first-order valence-corrected chi connectivity index (χ1v) is 12.0. The second kappa shape index (κ2) is 8.59. The normalized spacial score (nSPS) is 15.4. The number of benzene rings is 2. The van der Waals surface area contributed by atoms with Crippen LogP contribution in [0.25, 0.3) is 20.2 Å². The SMILES string of the molecule is CC[C@H](C(=O)N1CCN(c2ccc(F)cc2)CC1)n1nc(C)c2sc3ccccc3c2c1=O. The van der Waals surface area contributed by atoms with Crippen LogP contribution in [0.4, 0.5) is 10.1 Å². The number of halogens is 1. The zero-order valence-corrected chi connectivity index (χ0v) is 19.4. The van der Waals surface area contributed by atoms with E-state index >= 15 is 0 Å². The highest BCUT2D eigenvalue weighted by molar-refractivity contribution is 7.26. The second-order valence-electron chi connectivity index (χ2n) is 8.35. The van der Waals surface area contributed by atoms with Crippen LogP contribution < -0.4 is 10.5 Å². The molecule has 0 bridgehead atoms. The van der Waals surface area contributed by atoms with Crippen molar-refractivity contribution in [1.82, 2.24) is 14.7 Å². The fourth-order valence-electron chi connectivity index (χ4n) is 4.59. The third-order valence-electron chi connectivity index (χ3n) is 6.35. The zero-order chi connectivity index (χ0) is 23.1. The molecule has 1 fully saturated rings. The number of anilines is 1. The quantitative estimate of drug-likeness (QED) is 0.450. The molecule has 1 aliphatic rings. The molecule has 1 aliphatic heterocycles. The predicted molar refractivity (Wildman–Crippen MR) is 131 cm³/mol. The summed E-state index contributed by atoms with van der Waals surface area (Å²) in [6.07, 6.45) is 0.483. The Kier molecular flexibility index (Phi) is 5.62. The van der Waals surface area contributed by atoms with Crippen molar-refractivity contribution in [3.05, 3.63) is 70.4 Å². The Morgan fingerprint density at radius 3 is 2.48 bits per heavy atom. The number of fused-ring (bicyclic) bond motifs is 3. The fraction of sp³-hybridized carbons (Fsp3) is 0.320. The van der Waals surface area contributed by atoms with Gasteiger partial charge >= 0.3 is 0 Å². The maximum Gasteiger partial charge on any atom is 0.276 e. The fourth-order valence-corrected chi connectivity index (χ4v) is 5.73. The van der Waals surface area contributed by atoms with Crippen LogP contribution in [0.15, 0.2) is 53.3 Å². The molecule has 2 aromatic carbocycles. The van der Waals surface area contributed by atoms with Gasteiger partial charge < -0.3 is 9.80 Å². The number of carbonyl (C=O) groups excluding carboxylic acids is 1. The molecule has 4 aromatic rings. The maximum absolute atomic E-state index is 13.5. The van der Waals surface area contributed by atoms with E-state index in [-0.39, 0.29) is 17.3 Å². The van der Waals surface area contributed by atoms with Crippen LogP contribution in [0.2, 0.25) is 0 Å². The van der Waals surface area contributed by atoms with Gasteiger partial charge in [-0.05, 0) is 43.7 Å². The second-order valence-corrected chi connectivity index (χ2v) is 9.40. The van der Waals surface area contributed by atoms with Gasteiger partial charge in [-0.15, -0.1) is 11.3 Å². The van der Waals surface area contributed by atoms with Crippen molar-refractivity contribution in [3.8, 4) is 0 Å². The first-order valence-electron chi connectivity index (χ1n) is 11.2. The minimum absolute atomic E-state index is 0.0795. The molecule has 0 radical (unpaired) electrons. The molecule has 1 saturated heterocycles. The van der Waals surface area contributed by atoms with Crippen LogP contribution in [0.1, 0.15) is 25.1 Å².